The lowest BCUT2D eigenvalue weighted by atomic mass is 9.84. The molecule has 2 unspecified atom stereocenters. The Morgan fingerprint density at radius 3 is 2.30 bits per heavy atom. The molecule has 4 rings (SSSR count). The average molecular weight is 447 g/mol. The monoisotopic (exact) mass is 446 g/mol. The molecule has 1 aliphatic rings. The number of halogens is 1. The number of rotatable bonds is 7. The summed E-state index contributed by atoms with van der Waals surface area (Å²) >= 11 is 0. The summed E-state index contributed by atoms with van der Waals surface area (Å²) in [4.78, 5) is 27.7. The van der Waals surface area contributed by atoms with E-state index < -0.39 is 5.92 Å². The molecule has 0 saturated carbocycles. The number of piperidine rings is 1. The van der Waals surface area contributed by atoms with Crippen molar-refractivity contribution in [3.05, 3.63) is 102 Å². The van der Waals surface area contributed by atoms with E-state index in [9.17, 15) is 14.0 Å². The molecule has 3 aromatic rings. The fourth-order valence-electron chi connectivity index (χ4n) is 4.18. The van der Waals surface area contributed by atoms with Gasteiger partial charge in [0.05, 0.1) is 5.92 Å². The van der Waals surface area contributed by atoms with Gasteiger partial charge in [-0.3, -0.25) is 9.59 Å². The van der Waals surface area contributed by atoms with Gasteiger partial charge in [0.2, 0.25) is 5.91 Å². The number of nitrogens with zero attached hydrogens (tertiary/aromatic N) is 1. The second-order valence-corrected chi connectivity index (χ2v) is 8.25. The number of hydrogen-bond acceptors (Lipinski definition) is 3. The maximum Gasteiger partial charge on any atom is 0.260 e. The quantitative estimate of drug-likeness (QED) is 0.593. The highest BCUT2D eigenvalue weighted by molar-refractivity contribution is 5.82. The van der Waals surface area contributed by atoms with Gasteiger partial charge in [-0.1, -0.05) is 66.7 Å². The van der Waals surface area contributed by atoms with Crippen LogP contribution in [0.4, 0.5) is 4.39 Å². The Bertz CT molecular complexity index is 1070. The second kappa shape index (κ2) is 10.8. The Hall–Kier alpha value is -3.67. The van der Waals surface area contributed by atoms with Crippen LogP contribution in [0.2, 0.25) is 0 Å². The zero-order chi connectivity index (χ0) is 23.0. The number of carbonyl (C=O) groups excluding carboxylic acids is 2. The third kappa shape index (κ3) is 5.98. The van der Waals surface area contributed by atoms with Crippen LogP contribution in [-0.4, -0.2) is 36.4 Å². The van der Waals surface area contributed by atoms with E-state index >= 15 is 0 Å². The highest BCUT2D eigenvalue weighted by Crippen LogP contribution is 2.30. The molecule has 1 aliphatic heterocycles. The third-order valence-corrected chi connectivity index (χ3v) is 5.96. The van der Waals surface area contributed by atoms with Crippen LogP contribution in [0.3, 0.4) is 0 Å². The van der Waals surface area contributed by atoms with Gasteiger partial charge in [0.25, 0.3) is 5.91 Å². The molecule has 0 bridgehead atoms. The Morgan fingerprint density at radius 2 is 1.58 bits per heavy atom. The fraction of sp³-hybridized carbons (Fsp3) is 0.259. The van der Waals surface area contributed by atoms with E-state index in [0.717, 1.165) is 5.56 Å². The van der Waals surface area contributed by atoms with E-state index in [0.29, 0.717) is 30.8 Å². The molecular weight excluding hydrogens is 419 g/mol. The van der Waals surface area contributed by atoms with Crippen LogP contribution in [0.1, 0.15) is 23.5 Å². The third-order valence-electron chi connectivity index (χ3n) is 5.96. The zero-order valence-electron chi connectivity index (χ0n) is 18.3. The van der Waals surface area contributed by atoms with Crippen molar-refractivity contribution in [2.24, 2.45) is 5.92 Å². The van der Waals surface area contributed by atoms with E-state index in [2.05, 4.69) is 5.32 Å². The lowest BCUT2D eigenvalue weighted by Crippen LogP contribution is -2.49. The van der Waals surface area contributed by atoms with Crippen LogP contribution in [0.5, 0.6) is 5.75 Å². The molecule has 6 heteroatoms. The maximum atomic E-state index is 13.9. The summed E-state index contributed by atoms with van der Waals surface area (Å²) < 4.78 is 19.6. The normalized spacial score (nSPS) is 17.9. The van der Waals surface area contributed by atoms with Crippen LogP contribution in [-0.2, 0) is 16.1 Å². The van der Waals surface area contributed by atoms with Crippen molar-refractivity contribution < 1.29 is 18.7 Å². The van der Waals surface area contributed by atoms with Gasteiger partial charge < -0.3 is 15.0 Å². The lowest BCUT2D eigenvalue weighted by molar-refractivity contribution is -0.138. The molecule has 1 N–H and O–H groups in total. The number of hydrogen-bond donors (Lipinski definition) is 1. The van der Waals surface area contributed by atoms with Gasteiger partial charge in [0.15, 0.2) is 6.61 Å². The topological polar surface area (TPSA) is 58.6 Å². The molecule has 2 atom stereocenters. The number of likely N-dealkylation sites (tertiary alicyclic amines) is 1. The van der Waals surface area contributed by atoms with Crippen molar-refractivity contribution in [3.63, 3.8) is 0 Å². The van der Waals surface area contributed by atoms with Crippen molar-refractivity contribution in [3.8, 4) is 5.75 Å². The Labute approximate surface area is 193 Å². The van der Waals surface area contributed by atoms with Gasteiger partial charge in [0, 0.05) is 31.1 Å². The minimum Gasteiger partial charge on any atom is -0.484 e. The van der Waals surface area contributed by atoms with Crippen LogP contribution < -0.4 is 10.1 Å². The Kier molecular flexibility index (Phi) is 7.35. The first kappa shape index (κ1) is 22.5. The summed E-state index contributed by atoms with van der Waals surface area (Å²) in [5.41, 5.74) is 1.52. The van der Waals surface area contributed by atoms with Crippen molar-refractivity contribution in [2.45, 2.75) is 18.9 Å². The second-order valence-electron chi connectivity index (χ2n) is 8.25. The number of benzene rings is 3. The molecule has 33 heavy (non-hydrogen) atoms. The Balaban J connectivity index is 1.44. The molecule has 1 saturated heterocycles. The van der Waals surface area contributed by atoms with Crippen molar-refractivity contribution in [1.29, 1.82) is 0 Å². The molecule has 170 valence electrons. The molecule has 1 fully saturated rings. The van der Waals surface area contributed by atoms with Gasteiger partial charge >= 0.3 is 0 Å². The smallest absolute Gasteiger partial charge is 0.260 e. The molecule has 0 radical (unpaired) electrons. The highest BCUT2D eigenvalue weighted by atomic mass is 19.1. The summed E-state index contributed by atoms with van der Waals surface area (Å²) in [5.74, 6) is -0.423. The number of amides is 2. The minimum atomic E-state index is -0.392. The summed E-state index contributed by atoms with van der Waals surface area (Å²) in [6.45, 7) is 0.861. The van der Waals surface area contributed by atoms with E-state index in [4.69, 9.17) is 4.74 Å². The number of para-hydroxylation sites is 1. The predicted molar refractivity (Wildman–Crippen MR) is 124 cm³/mol. The number of carbonyl (C=O) groups is 2. The molecule has 3 aromatic carbocycles. The summed E-state index contributed by atoms with van der Waals surface area (Å²) in [6.07, 6.45) is 0.621. The van der Waals surface area contributed by atoms with Crippen molar-refractivity contribution in [1.82, 2.24) is 10.2 Å². The SMILES string of the molecule is O=C(NCc1ccccc1F)C1CC(c2ccccc2)CN(C(=O)COc2ccccc2)C1. The number of ether oxygens (including phenoxy) is 1. The fourth-order valence-corrected chi connectivity index (χ4v) is 4.18. The predicted octanol–water partition coefficient (Wildman–Crippen LogP) is 4.15. The minimum absolute atomic E-state index is 0.0323. The molecule has 0 aromatic heterocycles. The standard InChI is InChI=1S/C27H27FN2O3/c28-25-14-8-7-11-21(25)16-29-27(32)23-15-22(20-9-3-1-4-10-20)17-30(18-23)26(31)19-33-24-12-5-2-6-13-24/h1-14,22-23H,15-19H2,(H,29,32). The Morgan fingerprint density at radius 1 is 0.909 bits per heavy atom. The molecule has 0 aliphatic carbocycles. The highest BCUT2D eigenvalue weighted by Gasteiger charge is 2.34. The van der Waals surface area contributed by atoms with Gasteiger partial charge in [0.1, 0.15) is 11.6 Å². The number of nitrogens with one attached hydrogen (secondary N) is 1. The van der Waals surface area contributed by atoms with E-state index in [1.165, 1.54) is 6.07 Å². The van der Waals surface area contributed by atoms with E-state index in [1.54, 1.807) is 35.2 Å². The zero-order valence-corrected chi connectivity index (χ0v) is 18.3. The molecular formula is C27H27FN2O3. The molecule has 5 nitrogen and oxygen atoms in total. The van der Waals surface area contributed by atoms with Gasteiger partial charge in [-0.25, -0.2) is 4.39 Å². The van der Waals surface area contributed by atoms with E-state index in [1.807, 2.05) is 48.5 Å². The van der Waals surface area contributed by atoms with Gasteiger partial charge in [-0.05, 0) is 30.2 Å². The first-order chi connectivity index (χ1) is 16.1. The van der Waals surface area contributed by atoms with Crippen LogP contribution in [0, 0.1) is 11.7 Å². The largest absolute Gasteiger partial charge is 0.484 e. The first-order valence-corrected chi connectivity index (χ1v) is 11.1. The van der Waals surface area contributed by atoms with Crippen LogP contribution in [0.15, 0.2) is 84.9 Å². The van der Waals surface area contributed by atoms with Gasteiger partial charge in [-0.2, -0.15) is 0 Å². The summed E-state index contributed by atoms with van der Waals surface area (Å²) in [5, 5.41) is 2.85. The van der Waals surface area contributed by atoms with Gasteiger partial charge in [-0.15, -0.1) is 0 Å². The average Bonchev–Trinajstić information content (AvgIpc) is 2.87. The molecule has 1 heterocycles. The van der Waals surface area contributed by atoms with E-state index in [-0.39, 0.29) is 36.7 Å². The van der Waals surface area contributed by atoms with Crippen LogP contribution >= 0.6 is 0 Å². The van der Waals surface area contributed by atoms with Crippen molar-refractivity contribution in [2.75, 3.05) is 19.7 Å². The first-order valence-electron chi connectivity index (χ1n) is 11.1. The van der Waals surface area contributed by atoms with Crippen LogP contribution in [0.25, 0.3) is 0 Å². The maximum absolute atomic E-state index is 13.9. The van der Waals surface area contributed by atoms with Crippen molar-refractivity contribution >= 4 is 11.8 Å². The summed E-state index contributed by atoms with van der Waals surface area (Å²) in [7, 11) is 0. The summed E-state index contributed by atoms with van der Waals surface area (Å²) in [6, 6.07) is 25.5. The molecule has 0 spiro atoms. The lowest BCUT2D eigenvalue weighted by Gasteiger charge is -2.37. The molecule has 2 amide bonds.